The minimum Gasteiger partial charge on any atom is -0.389 e. The van der Waals surface area contributed by atoms with Crippen LogP contribution in [-0.2, 0) is 19.0 Å². The monoisotopic (exact) mass is 429 g/mol. The van der Waals surface area contributed by atoms with E-state index in [0.29, 0.717) is 35.5 Å². The van der Waals surface area contributed by atoms with Crippen molar-refractivity contribution in [3.63, 3.8) is 0 Å². The largest absolute Gasteiger partial charge is 0.435 e. The fourth-order valence-corrected chi connectivity index (χ4v) is 3.84. The van der Waals surface area contributed by atoms with E-state index >= 15 is 0 Å². The Hall–Kier alpha value is -3.13. The summed E-state index contributed by atoms with van der Waals surface area (Å²) in [5, 5.41) is 16.2. The van der Waals surface area contributed by atoms with Crippen molar-refractivity contribution in [1.29, 1.82) is 0 Å². The van der Waals surface area contributed by atoms with E-state index in [4.69, 9.17) is 0 Å². The number of carbonyl (C=O) groups excluding carboxylic acids is 1. The van der Waals surface area contributed by atoms with Crippen molar-refractivity contribution in [2.24, 2.45) is 0 Å². The number of aliphatic hydroxyl groups is 1. The Morgan fingerprint density at radius 1 is 1.06 bits per heavy atom. The van der Waals surface area contributed by atoms with Gasteiger partial charge in [-0.2, -0.15) is 18.3 Å². The summed E-state index contributed by atoms with van der Waals surface area (Å²) in [6, 6.07) is 13.2. The summed E-state index contributed by atoms with van der Waals surface area (Å²) in [5.41, 5.74) is 2.24. The molecule has 0 radical (unpaired) electrons. The maximum Gasteiger partial charge on any atom is 0.435 e. The third-order valence-corrected chi connectivity index (χ3v) is 5.47. The Kier molecular flexibility index (Phi) is 5.58. The number of fused-ring (bicyclic) bond motifs is 1. The van der Waals surface area contributed by atoms with Crippen LogP contribution in [0.3, 0.4) is 0 Å². The van der Waals surface area contributed by atoms with Gasteiger partial charge >= 0.3 is 6.18 Å². The summed E-state index contributed by atoms with van der Waals surface area (Å²) in [4.78, 5) is 12.5. The lowest BCUT2D eigenvalue weighted by Crippen LogP contribution is -2.12. The zero-order valence-electron chi connectivity index (χ0n) is 16.9. The molecule has 1 unspecified atom stereocenters. The van der Waals surface area contributed by atoms with Crippen molar-refractivity contribution < 1.29 is 23.1 Å². The minimum atomic E-state index is -4.49. The van der Waals surface area contributed by atoms with E-state index in [-0.39, 0.29) is 11.5 Å². The number of hydrogen-bond donors (Lipinski definition) is 2. The Balaban J connectivity index is 1.56. The molecule has 0 bridgehead atoms. The molecule has 8 heteroatoms. The van der Waals surface area contributed by atoms with E-state index in [1.807, 2.05) is 0 Å². The molecule has 2 aromatic carbocycles. The van der Waals surface area contributed by atoms with Gasteiger partial charge in [0.25, 0.3) is 5.91 Å². The molecule has 4 rings (SSSR count). The third kappa shape index (κ3) is 4.34. The molecular weight excluding hydrogens is 407 g/mol. The summed E-state index contributed by atoms with van der Waals surface area (Å²) >= 11 is 0. The van der Waals surface area contributed by atoms with Gasteiger partial charge in [0.05, 0.1) is 11.8 Å². The predicted molar refractivity (Wildman–Crippen MR) is 110 cm³/mol. The van der Waals surface area contributed by atoms with E-state index in [9.17, 15) is 23.1 Å². The molecule has 0 aliphatic heterocycles. The van der Waals surface area contributed by atoms with Gasteiger partial charge in [-0.15, -0.1) is 0 Å². The van der Waals surface area contributed by atoms with Crippen molar-refractivity contribution >= 4 is 11.6 Å². The molecule has 1 atom stereocenters. The second-order valence-electron chi connectivity index (χ2n) is 7.69. The number of rotatable bonds is 4. The molecule has 1 amide bonds. The second-order valence-corrected chi connectivity index (χ2v) is 7.69. The molecular formula is C23H22F3N3O2. The Bertz CT molecular complexity index is 1080. The van der Waals surface area contributed by atoms with E-state index in [1.54, 1.807) is 55.5 Å². The van der Waals surface area contributed by atoms with Crippen LogP contribution in [0.15, 0.2) is 48.5 Å². The highest BCUT2D eigenvalue weighted by Crippen LogP contribution is 2.36. The van der Waals surface area contributed by atoms with E-state index in [1.165, 1.54) is 4.68 Å². The van der Waals surface area contributed by atoms with Crippen LogP contribution in [0, 0.1) is 0 Å². The van der Waals surface area contributed by atoms with Gasteiger partial charge in [-0.25, -0.2) is 4.68 Å². The molecule has 1 aliphatic carbocycles. The highest BCUT2D eigenvalue weighted by Gasteiger charge is 2.39. The zero-order chi connectivity index (χ0) is 22.2. The first kappa shape index (κ1) is 21.1. The maximum atomic E-state index is 13.4. The molecule has 0 saturated heterocycles. The second kappa shape index (κ2) is 8.19. The van der Waals surface area contributed by atoms with E-state index in [2.05, 4.69) is 10.4 Å². The topological polar surface area (TPSA) is 67.2 Å². The average Bonchev–Trinajstić information content (AvgIpc) is 3.14. The number of nitrogens with zero attached hydrogens (tertiary/aromatic N) is 2. The van der Waals surface area contributed by atoms with Gasteiger partial charge in [-0.1, -0.05) is 12.1 Å². The van der Waals surface area contributed by atoms with Gasteiger partial charge in [0.2, 0.25) is 0 Å². The summed E-state index contributed by atoms with van der Waals surface area (Å²) in [6.07, 6.45) is -2.62. The molecule has 1 heterocycles. The summed E-state index contributed by atoms with van der Waals surface area (Å²) in [6.45, 7) is 1.66. The number of aliphatic hydroxyl groups excluding tert-OH is 1. The molecule has 1 aliphatic rings. The quantitative estimate of drug-likeness (QED) is 0.608. The normalized spacial score (nSPS) is 14.7. The number of alkyl halides is 3. The molecule has 1 aromatic heterocycles. The molecule has 0 fully saturated rings. The van der Waals surface area contributed by atoms with Crippen molar-refractivity contribution in [1.82, 2.24) is 9.78 Å². The lowest BCUT2D eigenvalue weighted by atomic mass is 9.95. The zero-order valence-corrected chi connectivity index (χ0v) is 16.9. The summed E-state index contributed by atoms with van der Waals surface area (Å²) in [5.74, 6) is -0.338. The summed E-state index contributed by atoms with van der Waals surface area (Å²) < 4.78 is 41.6. The first-order valence-electron chi connectivity index (χ1n) is 10.1. The third-order valence-electron chi connectivity index (χ3n) is 5.47. The van der Waals surface area contributed by atoms with Gasteiger partial charge in [0.15, 0.2) is 5.69 Å². The van der Waals surface area contributed by atoms with Crippen LogP contribution in [0.1, 0.15) is 58.7 Å². The van der Waals surface area contributed by atoms with Gasteiger partial charge in [0.1, 0.15) is 0 Å². The van der Waals surface area contributed by atoms with Gasteiger partial charge in [0, 0.05) is 22.5 Å². The smallest absolute Gasteiger partial charge is 0.389 e. The molecule has 0 saturated carbocycles. The van der Waals surface area contributed by atoms with Crippen LogP contribution in [0.2, 0.25) is 0 Å². The number of halogens is 3. The van der Waals surface area contributed by atoms with Gasteiger partial charge in [-0.05, 0) is 74.6 Å². The minimum absolute atomic E-state index is 0.279. The van der Waals surface area contributed by atoms with Crippen molar-refractivity contribution in [2.75, 3.05) is 5.32 Å². The highest BCUT2D eigenvalue weighted by atomic mass is 19.4. The van der Waals surface area contributed by atoms with Crippen LogP contribution in [0.25, 0.3) is 5.69 Å². The Labute approximate surface area is 177 Å². The number of carbonyl (C=O) groups is 1. The van der Waals surface area contributed by atoms with Crippen LogP contribution >= 0.6 is 0 Å². The number of benzene rings is 2. The molecule has 162 valence electrons. The lowest BCUT2D eigenvalue weighted by molar-refractivity contribution is -0.142. The number of anilines is 1. The molecule has 31 heavy (non-hydrogen) atoms. The molecule has 5 nitrogen and oxygen atoms in total. The molecule has 2 N–H and O–H groups in total. The van der Waals surface area contributed by atoms with Crippen LogP contribution in [-0.4, -0.2) is 20.8 Å². The van der Waals surface area contributed by atoms with Crippen LogP contribution in [0.5, 0.6) is 0 Å². The Morgan fingerprint density at radius 2 is 1.71 bits per heavy atom. The van der Waals surface area contributed by atoms with Gasteiger partial charge in [-0.3, -0.25) is 4.79 Å². The summed E-state index contributed by atoms with van der Waals surface area (Å²) in [7, 11) is 0. The number of amides is 1. The molecule has 0 spiro atoms. The average molecular weight is 429 g/mol. The van der Waals surface area contributed by atoms with Crippen LogP contribution in [0.4, 0.5) is 18.9 Å². The number of aromatic nitrogens is 2. The fourth-order valence-electron chi connectivity index (χ4n) is 3.84. The van der Waals surface area contributed by atoms with E-state index in [0.717, 1.165) is 18.4 Å². The van der Waals surface area contributed by atoms with Crippen LogP contribution < -0.4 is 5.32 Å². The van der Waals surface area contributed by atoms with Crippen molar-refractivity contribution in [3.05, 3.63) is 76.6 Å². The van der Waals surface area contributed by atoms with Crippen molar-refractivity contribution in [2.45, 2.75) is 44.9 Å². The standard InChI is InChI=1S/C23H22F3N3O2/c1-14(30)15-6-10-17(11-7-15)27-22(31)16-8-12-18(13-9-16)29-20-5-3-2-4-19(20)21(28-29)23(24,25)26/h6-14,30H,2-5H2,1H3,(H,27,31). The first-order chi connectivity index (χ1) is 14.7. The number of hydrogen-bond acceptors (Lipinski definition) is 3. The SMILES string of the molecule is CC(O)c1ccc(NC(=O)c2ccc(-n3nc(C(F)(F)F)c4c3CCCC4)cc2)cc1. The van der Waals surface area contributed by atoms with Crippen molar-refractivity contribution in [3.8, 4) is 5.69 Å². The Morgan fingerprint density at radius 3 is 2.32 bits per heavy atom. The lowest BCUT2D eigenvalue weighted by Gasteiger charge is -2.15. The predicted octanol–water partition coefficient (Wildman–Crippen LogP) is 5.08. The maximum absolute atomic E-state index is 13.4. The first-order valence-corrected chi connectivity index (χ1v) is 10.1. The van der Waals surface area contributed by atoms with E-state index < -0.39 is 18.0 Å². The number of nitrogens with one attached hydrogen (secondary N) is 1. The fraction of sp³-hybridized carbons (Fsp3) is 0.304. The molecule has 3 aromatic rings. The highest BCUT2D eigenvalue weighted by molar-refractivity contribution is 6.04. The van der Waals surface area contributed by atoms with Gasteiger partial charge < -0.3 is 10.4 Å².